The van der Waals surface area contributed by atoms with Crippen LogP contribution in [-0.2, 0) is 11.2 Å². The highest BCUT2D eigenvalue weighted by atomic mass is 19.1. The second-order valence-corrected chi connectivity index (χ2v) is 5.60. The van der Waals surface area contributed by atoms with Gasteiger partial charge in [-0.3, -0.25) is 9.69 Å². The molecule has 0 bridgehead atoms. The smallest absolute Gasteiger partial charge is 0.242 e. The van der Waals surface area contributed by atoms with E-state index >= 15 is 0 Å². The minimum atomic E-state index is -0.670. The van der Waals surface area contributed by atoms with Crippen molar-refractivity contribution in [3.63, 3.8) is 0 Å². The molecule has 0 saturated carbocycles. The van der Waals surface area contributed by atoms with Crippen molar-refractivity contribution in [1.82, 2.24) is 10.2 Å². The van der Waals surface area contributed by atoms with Crippen molar-refractivity contribution in [2.45, 2.75) is 12.5 Å². The van der Waals surface area contributed by atoms with E-state index in [4.69, 9.17) is 0 Å². The number of aromatic hydroxyl groups is 1. The first-order chi connectivity index (χ1) is 11.0. The van der Waals surface area contributed by atoms with Gasteiger partial charge in [-0.15, -0.1) is 0 Å². The molecule has 0 aliphatic rings. The van der Waals surface area contributed by atoms with Crippen LogP contribution >= 0.6 is 0 Å². The van der Waals surface area contributed by atoms with E-state index < -0.39 is 6.04 Å². The second-order valence-electron chi connectivity index (χ2n) is 5.60. The zero-order valence-electron chi connectivity index (χ0n) is 13.3. The molecule has 5 heteroatoms. The van der Waals surface area contributed by atoms with Gasteiger partial charge in [-0.25, -0.2) is 4.39 Å². The highest BCUT2D eigenvalue weighted by Crippen LogP contribution is 2.21. The number of rotatable bonds is 6. The van der Waals surface area contributed by atoms with Crippen molar-refractivity contribution in [2.24, 2.45) is 0 Å². The monoisotopic (exact) mass is 316 g/mol. The first-order valence-electron chi connectivity index (χ1n) is 7.45. The molecule has 23 heavy (non-hydrogen) atoms. The van der Waals surface area contributed by atoms with Gasteiger partial charge >= 0.3 is 0 Å². The molecule has 4 nitrogen and oxygen atoms in total. The Morgan fingerprint density at radius 1 is 1.17 bits per heavy atom. The van der Waals surface area contributed by atoms with Crippen molar-refractivity contribution in [1.29, 1.82) is 0 Å². The molecule has 2 aromatic carbocycles. The van der Waals surface area contributed by atoms with E-state index in [1.807, 2.05) is 12.1 Å². The third kappa shape index (κ3) is 4.53. The Labute approximate surface area is 135 Å². The van der Waals surface area contributed by atoms with Crippen LogP contribution in [0.15, 0.2) is 48.5 Å². The summed E-state index contributed by atoms with van der Waals surface area (Å²) in [5.41, 5.74) is 1.37. The number of carbonyl (C=O) groups excluding carboxylic acids is 1. The maximum absolute atomic E-state index is 14.0. The van der Waals surface area contributed by atoms with Crippen molar-refractivity contribution in [3.8, 4) is 5.75 Å². The van der Waals surface area contributed by atoms with Gasteiger partial charge in [0.2, 0.25) is 5.91 Å². The van der Waals surface area contributed by atoms with Crippen LogP contribution in [0.25, 0.3) is 0 Å². The first-order valence-corrected chi connectivity index (χ1v) is 7.45. The summed E-state index contributed by atoms with van der Waals surface area (Å²) in [5, 5.41) is 12.1. The Morgan fingerprint density at radius 3 is 2.43 bits per heavy atom. The third-order valence-electron chi connectivity index (χ3n) is 3.61. The van der Waals surface area contributed by atoms with E-state index in [0.29, 0.717) is 18.5 Å². The molecule has 0 radical (unpaired) electrons. The van der Waals surface area contributed by atoms with Crippen LogP contribution in [0.2, 0.25) is 0 Å². The molecule has 0 spiro atoms. The Balaban J connectivity index is 1.99. The molecule has 0 aliphatic carbocycles. The summed E-state index contributed by atoms with van der Waals surface area (Å²) in [6.07, 6.45) is 0.642. The average molecular weight is 316 g/mol. The molecule has 122 valence electrons. The van der Waals surface area contributed by atoms with E-state index in [1.54, 1.807) is 49.3 Å². The van der Waals surface area contributed by atoms with Gasteiger partial charge in [-0.2, -0.15) is 0 Å². The van der Waals surface area contributed by atoms with E-state index in [9.17, 15) is 14.3 Å². The lowest BCUT2D eigenvalue weighted by molar-refractivity contribution is -0.125. The molecular weight excluding hydrogens is 295 g/mol. The molecule has 0 heterocycles. The highest BCUT2D eigenvalue weighted by Gasteiger charge is 2.25. The zero-order chi connectivity index (χ0) is 16.8. The van der Waals surface area contributed by atoms with E-state index in [2.05, 4.69) is 5.32 Å². The van der Waals surface area contributed by atoms with Crippen LogP contribution in [0.3, 0.4) is 0 Å². The van der Waals surface area contributed by atoms with Gasteiger partial charge in [0.05, 0.1) is 0 Å². The molecule has 1 amide bonds. The number of amides is 1. The molecule has 0 aliphatic heterocycles. The van der Waals surface area contributed by atoms with Crippen LogP contribution in [0.1, 0.15) is 17.2 Å². The van der Waals surface area contributed by atoms with Crippen molar-refractivity contribution in [3.05, 3.63) is 65.5 Å². The Morgan fingerprint density at radius 2 is 1.83 bits per heavy atom. The average Bonchev–Trinajstić information content (AvgIpc) is 2.51. The van der Waals surface area contributed by atoms with Crippen molar-refractivity contribution < 1.29 is 14.3 Å². The summed E-state index contributed by atoms with van der Waals surface area (Å²) in [5.74, 6) is -0.413. The lowest BCUT2D eigenvalue weighted by Gasteiger charge is -2.24. The highest BCUT2D eigenvalue weighted by molar-refractivity contribution is 5.83. The Bertz CT molecular complexity index is 656. The maximum Gasteiger partial charge on any atom is 0.242 e. The van der Waals surface area contributed by atoms with Crippen molar-refractivity contribution in [2.75, 3.05) is 20.6 Å². The van der Waals surface area contributed by atoms with E-state index in [1.165, 1.54) is 6.07 Å². The molecule has 2 rings (SSSR count). The number of phenols is 1. The predicted molar refractivity (Wildman–Crippen MR) is 87.6 cm³/mol. The number of phenolic OH excluding ortho intramolecular Hbond substituents is 1. The summed E-state index contributed by atoms with van der Waals surface area (Å²) in [6.45, 7) is 0.447. The molecule has 2 N–H and O–H groups in total. The van der Waals surface area contributed by atoms with Crippen LogP contribution in [-0.4, -0.2) is 36.6 Å². The number of benzene rings is 2. The number of hydrogen-bond acceptors (Lipinski definition) is 3. The second kappa shape index (κ2) is 7.74. The van der Waals surface area contributed by atoms with Crippen LogP contribution in [0.5, 0.6) is 5.75 Å². The minimum absolute atomic E-state index is 0.213. The molecule has 2 aromatic rings. The summed E-state index contributed by atoms with van der Waals surface area (Å²) >= 11 is 0. The lowest BCUT2D eigenvalue weighted by Crippen LogP contribution is -2.38. The topological polar surface area (TPSA) is 52.6 Å². The Kier molecular flexibility index (Phi) is 5.71. The van der Waals surface area contributed by atoms with Gasteiger partial charge in [-0.05, 0) is 44.3 Å². The summed E-state index contributed by atoms with van der Waals surface area (Å²) < 4.78 is 14.0. The number of nitrogens with zero attached hydrogens (tertiary/aromatic N) is 1. The number of hydrogen-bond donors (Lipinski definition) is 2. The van der Waals surface area contributed by atoms with Gasteiger partial charge in [0, 0.05) is 12.1 Å². The quantitative estimate of drug-likeness (QED) is 0.861. The fourth-order valence-electron chi connectivity index (χ4n) is 2.44. The van der Waals surface area contributed by atoms with Gasteiger partial charge < -0.3 is 10.4 Å². The van der Waals surface area contributed by atoms with Gasteiger partial charge in [0.15, 0.2) is 0 Å². The van der Waals surface area contributed by atoms with E-state index in [-0.39, 0.29) is 17.5 Å². The fourth-order valence-corrected chi connectivity index (χ4v) is 2.44. The summed E-state index contributed by atoms with van der Waals surface area (Å²) in [4.78, 5) is 14.1. The SMILES string of the molecule is CN(C)C(C(=O)NCCc1ccc(O)cc1)c1ccccc1F. The molecule has 0 fully saturated rings. The Hall–Kier alpha value is -2.40. The van der Waals surface area contributed by atoms with Gasteiger partial charge in [0.25, 0.3) is 0 Å². The zero-order valence-corrected chi connectivity index (χ0v) is 13.3. The lowest BCUT2D eigenvalue weighted by atomic mass is 10.0. The third-order valence-corrected chi connectivity index (χ3v) is 3.61. The maximum atomic E-state index is 14.0. The van der Waals surface area contributed by atoms with E-state index in [0.717, 1.165) is 5.56 Å². The van der Waals surface area contributed by atoms with Crippen molar-refractivity contribution >= 4 is 5.91 Å². The number of likely N-dealkylation sites (N-methyl/N-ethyl adjacent to an activating group) is 1. The van der Waals surface area contributed by atoms with Gasteiger partial charge in [-0.1, -0.05) is 30.3 Å². The number of halogens is 1. The minimum Gasteiger partial charge on any atom is -0.508 e. The largest absolute Gasteiger partial charge is 0.508 e. The molecular formula is C18H21FN2O2. The van der Waals surface area contributed by atoms with Crippen LogP contribution in [0, 0.1) is 5.82 Å². The van der Waals surface area contributed by atoms with Gasteiger partial charge in [0.1, 0.15) is 17.6 Å². The molecule has 0 saturated heterocycles. The summed E-state index contributed by atoms with van der Waals surface area (Å²) in [6, 6.07) is 12.5. The first kappa shape index (κ1) is 17.0. The van der Waals surface area contributed by atoms with Crippen LogP contribution < -0.4 is 5.32 Å². The molecule has 0 aromatic heterocycles. The molecule has 1 unspecified atom stereocenters. The predicted octanol–water partition coefficient (Wildman–Crippen LogP) is 2.49. The standard InChI is InChI=1S/C18H21FN2O2/c1-21(2)17(15-5-3-4-6-16(15)19)18(23)20-12-11-13-7-9-14(22)10-8-13/h3-10,17,22H,11-12H2,1-2H3,(H,20,23). The molecule has 1 atom stereocenters. The normalized spacial score (nSPS) is 12.2. The number of nitrogens with one attached hydrogen (secondary N) is 1. The fraction of sp³-hybridized carbons (Fsp3) is 0.278. The number of carbonyl (C=O) groups is 1. The van der Waals surface area contributed by atoms with Crippen LogP contribution in [0.4, 0.5) is 4.39 Å². The summed E-state index contributed by atoms with van der Waals surface area (Å²) in [7, 11) is 3.49.